The number of aromatic nitrogens is 1. The molecule has 0 fully saturated rings. The molecule has 0 aliphatic rings. The number of nitrogens with zero attached hydrogens (tertiary/aromatic N) is 1. The summed E-state index contributed by atoms with van der Waals surface area (Å²) >= 11 is 0. The number of benzene rings is 4. The summed E-state index contributed by atoms with van der Waals surface area (Å²) in [5, 5.41) is 2.12. The Kier molecular flexibility index (Phi) is 6.32. The third kappa shape index (κ3) is 4.80. The van der Waals surface area contributed by atoms with Crippen molar-refractivity contribution in [2.24, 2.45) is 0 Å². The van der Waals surface area contributed by atoms with E-state index in [0.29, 0.717) is 16.8 Å². The van der Waals surface area contributed by atoms with Crippen LogP contribution in [0.4, 0.5) is 13.2 Å². The predicted octanol–water partition coefficient (Wildman–Crippen LogP) is 10.1. The molecule has 0 atom stereocenters. The fraction of sp³-hybridized carbons (Fsp3) is 0.294. The maximum atomic E-state index is 14.0. The first-order valence-corrected chi connectivity index (χ1v) is 13.1. The highest BCUT2D eigenvalue weighted by Crippen LogP contribution is 2.45. The van der Waals surface area contributed by atoms with Crippen molar-refractivity contribution in [1.29, 1.82) is 0 Å². The first kappa shape index (κ1) is 26.9. The van der Waals surface area contributed by atoms with Gasteiger partial charge in [0.25, 0.3) is 0 Å². The molecule has 202 valence electrons. The average molecular weight is 530 g/mol. The zero-order valence-electron chi connectivity index (χ0n) is 23.5. The van der Waals surface area contributed by atoms with E-state index in [-0.39, 0.29) is 16.6 Å². The number of halogens is 3. The zero-order valence-corrected chi connectivity index (χ0v) is 23.5. The molecule has 4 aromatic carbocycles. The molecule has 1 heterocycles. The van der Waals surface area contributed by atoms with Gasteiger partial charge in [0.1, 0.15) is 5.75 Å². The van der Waals surface area contributed by atoms with Gasteiger partial charge in [-0.25, -0.2) is 0 Å². The molecule has 0 aliphatic carbocycles. The van der Waals surface area contributed by atoms with Gasteiger partial charge in [-0.05, 0) is 63.9 Å². The molecule has 2 nitrogen and oxygen atoms in total. The van der Waals surface area contributed by atoms with Crippen molar-refractivity contribution >= 4 is 21.8 Å². The summed E-state index contributed by atoms with van der Waals surface area (Å²) in [4.78, 5) is 0. The van der Waals surface area contributed by atoms with Crippen molar-refractivity contribution in [2.45, 2.75) is 58.5 Å². The first-order valence-electron chi connectivity index (χ1n) is 13.1. The smallest absolute Gasteiger partial charge is 0.416 e. The molecule has 0 saturated carbocycles. The molecule has 0 amide bonds. The van der Waals surface area contributed by atoms with Gasteiger partial charge in [0.05, 0.1) is 29.4 Å². The summed E-state index contributed by atoms with van der Waals surface area (Å²) in [5.41, 5.74) is 5.08. The molecule has 0 bridgehead atoms. The Labute approximate surface area is 228 Å². The maximum absolute atomic E-state index is 14.0. The van der Waals surface area contributed by atoms with Crippen LogP contribution in [0.2, 0.25) is 0 Å². The molecule has 1 aromatic heterocycles. The van der Waals surface area contributed by atoms with Gasteiger partial charge in [0, 0.05) is 16.3 Å². The molecular formula is C34H34F3NO. The summed E-state index contributed by atoms with van der Waals surface area (Å²) in [5.74, 6) is 0.169. The van der Waals surface area contributed by atoms with E-state index in [1.165, 1.54) is 24.3 Å². The molecule has 0 spiro atoms. The van der Waals surface area contributed by atoms with Crippen molar-refractivity contribution in [1.82, 2.24) is 4.57 Å². The number of ether oxygens (including phenoxy) is 1. The highest BCUT2D eigenvalue weighted by atomic mass is 19.4. The minimum atomic E-state index is -4.51. The third-order valence-corrected chi connectivity index (χ3v) is 7.43. The van der Waals surface area contributed by atoms with Gasteiger partial charge in [0.2, 0.25) is 0 Å². The van der Waals surface area contributed by atoms with Crippen molar-refractivity contribution in [2.75, 3.05) is 7.11 Å². The summed E-state index contributed by atoms with van der Waals surface area (Å²) in [6.45, 7) is 13.1. The zero-order chi connectivity index (χ0) is 28.3. The second-order valence-electron chi connectivity index (χ2n) is 12.2. The van der Waals surface area contributed by atoms with Crippen LogP contribution in [-0.4, -0.2) is 11.7 Å². The number of rotatable bonds is 3. The van der Waals surface area contributed by atoms with E-state index in [9.17, 15) is 13.2 Å². The molecule has 0 N–H and O–H groups in total. The molecule has 0 radical (unpaired) electrons. The molecule has 39 heavy (non-hydrogen) atoms. The van der Waals surface area contributed by atoms with Crippen molar-refractivity contribution < 1.29 is 17.9 Å². The lowest BCUT2D eigenvalue weighted by molar-refractivity contribution is -0.137. The van der Waals surface area contributed by atoms with Crippen LogP contribution in [-0.2, 0) is 17.0 Å². The van der Waals surface area contributed by atoms with Crippen LogP contribution in [0.15, 0.2) is 78.9 Å². The number of hydrogen-bond donors (Lipinski definition) is 0. The Morgan fingerprint density at radius 1 is 0.615 bits per heavy atom. The van der Waals surface area contributed by atoms with E-state index in [4.69, 9.17) is 4.74 Å². The molecular weight excluding hydrogens is 495 g/mol. The Balaban J connectivity index is 1.97. The average Bonchev–Trinajstić information content (AvgIpc) is 3.19. The number of alkyl halides is 3. The van der Waals surface area contributed by atoms with Crippen molar-refractivity contribution in [3.63, 3.8) is 0 Å². The lowest BCUT2D eigenvalue weighted by atomic mass is 9.85. The predicted molar refractivity (Wildman–Crippen MR) is 155 cm³/mol. The SMILES string of the molecule is COc1cc(C(F)(F)F)cc(-c2ccccc2)c1-n1c2ccc(C(C)(C)C)cc2c2cc(C(C)(C)C)ccc21. The lowest BCUT2D eigenvalue weighted by Gasteiger charge is -2.21. The third-order valence-electron chi connectivity index (χ3n) is 7.43. The fourth-order valence-electron chi connectivity index (χ4n) is 5.19. The highest BCUT2D eigenvalue weighted by molar-refractivity contribution is 6.10. The summed E-state index contributed by atoms with van der Waals surface area (Å²) < 4.78 is 49.9. The summed E-state index contributed by atoms with van der Waals surface area (Å²) in [7, 11) is 1.43. The number of methoxy groups -OCH3 is 1. The van der Waals surface area contributed by atoms with E-state index >= 15 is 0 Å². The van der Waals surface area contributed by atoms with Gasteiger partial charge >= 0.3 is 6.18 Å². The highest BCUT2D eigenvalue weighted by Gasteiger charge is 2.34. The Bertz CT molecular complexity index is 1610. The van der Waals surface area contributed by atoms with Crippen LogP contribution in [0.5, 0.6) is 5.75 Å². The number of hydrogen-bond acceptors (Lipinski definition) is 1. The normalized spacial score (nSPS) is 12.9. The van der Waals surface area contributed by atoms with Gasteiger partial charge in [-0.3, -0.25) is 0 Å². The second-order valence-corrected chi connectivity index (χ2v) is 12.2. The van der Waals surface area contributed by atoms with Crippen LogP contribution in [0.25, 0.3) is 38.6 Å². The maximum Gasteiger partial charge on any atom is 0.416 e. The van der Waals surface area contributed by atoms with Crippen LogP contribution in [0.1, 0.15) is 58.2 Å². The van der Waals surface area contributed by atoms with Crippen molar-refractivity contribution in [3.05, 3.63) is 95.6 Å². The van der Waals surface area contributed by atoms with Gasteiger partial charge < -0.3 is 9.30 Å². The van der Waals surface area contributed by atoms with Crippen LogP contribution in [0, 0.1) is 0 Å². The van der Waals surface area contributed by atoms with Gasteiger partial charge in [-0.1, -0.05) is 84.0 Å². The van der Waals surface area contributed by atoms with Gasteiger partial charge in [-0.2, -0.15) is 13.2 Å². The van der Waals surface area contributed by atoms with E-state index in [1.807, 2.05) is 30.3 Å². The quantitative estimate of drug-likeness (QED) is 0.227. The lowest BCUT2D eigenvalue weighted by Crippen LogP contribution is -2.11. The van der Waals surface area contributed by atoms with Crippen LogP contribution in [0.3, 0.4) is 0 Å². The Morgan fingerprint density at radius 3 is 1.56 bits per heavy atom. The Hall–Kier alpha value is -3.73. The second kappa shape index (κ2) is 9.18. The summed E-state index contributed by atoms with van der Waals surface area (Å²) in [6.07, 6.45) is -4.51. The van der Waals surface area contributed by atoms with Crippen molar-refractivity contribution in [3.8, 4) is 22.6 Å². The van der Waals surface area contributed by atoms with E-state index in [1.54, 1.807) is 0 Å². The molecule has 0 unspecified atom stereocenters. The monoisotopic (exact) mass is 529 g/mol. The summed E-state index contributed by atoms with van der Waals surface area (Å²) in [6, 6.07) is 24.4. The minimum absolute atomic E-state index is 0.0640. The molecule has 0 aliphatic heterocycles. The number of fused-ring (bicyclic) bond motifs is 3. The van der Waals surface area contributed by atoms with E-state index in [2.05, 4.69) is 82.5 Å². The fourth-order valence-corrected chi connectivity index (χ4v) is 5.19. The van der Waals surface area contributed by atoms with Gasteiger partial charge in [-0.15, -0.1) is 0 Å². The van der Waals surface area contributed by atoms with Gasteiger partial charge in [0.15, 0.2) is 0 Å². The minimum Gasteiger partial charge on any atom is -0.495 e. The standard InChI is InChI=1S/C34H34F3NO/c1-32(2,3)22-13-15-28-26(17-22)27-18-23(33(4,5)6)14-16-29(27)38(28)31-25(21-11-9-8-10-12-21)19-24(34(35,36)37)20-30(31)39-7/h8-20H,1-7H3. The van der Waals surface area contributed by atoms with Crippen LogP contribution >= 0.6 is 0 Å². The molecule has 5 rings (SSSR count). The van der Waals surface area contributed by atoms with E-state index < -0.39 is 11.7 Å². The topological polar surface area (TPSA) is 14.2 Å². The largest absolute Gasteiger partial charge is 0.495 e. The molecule has 0 saturated heterocycles. The van der Waals surface area contributed by atoms with Crippen LogP contribution < -0.4 is 4.74 Å². The van der Waals surface area contributed by atoms with E-state index in [0.717, 1.165) is 27.9 Å². The Morgan fingerprint density at radius 2 is 1.13 bits per heavy atom. The first-order chi connectivity index (χ1) is 18.2. The molecule has 5 heteroatoms. The molecule has 5 aromatic rings.